The quantitative estimate of drug-likeness (QED) is 0.838. The molecule has 0 fully saturated rings. The van der Waals surface area contributed by atoms with Gasteiger partial charge >= 0.3 is 12.1 Å². The largest absolute Gasteiger partial charge is 0.480 e. The number of aliphatic carboxylic acids is 1. The second-order valence-electron chi connectivity index (χ2n) is 7.92. The third kappa shape index (κ3) is 3.65. The van der Waals surface area contributed by atoms with Gasteiger partial charge in [-0.3, -0.25) is 9.69 Å². The molecule has 1 aromatic rings. The molecule has 1 N–H and O–H groups in total. The molecule has 0 saturated heterocycles. The maximum Gasteiger partial charge on any atom is 0.415 e. The van der Waals surface area contributed by atoms with Crippen molar-refractivity contribution >= 4 is 17.6 Å². The van der Waals surface area contributed by atoms with Crippen LogP contribution >= 0.6 is 0 Å². The van der Waals surface area contributed by atoms with Crippen LogP contribution in [0.2, 0.25) is 0 Å². The van der Waals surface area contributed by atoms with Gasteiger partial charge in [-0.2, -0.15) is 0 Å². The van der Waals surface area contributed by atoms with Crippen molar-refractivity contribution < 1.29 is 23.8 Å². The van der Waals surface area contributed by atoms with E-state index in [2.05, 4.69) is 0 Å². The lowest BCUT2D eigenvalue weighted by molar-refractivity contribution is -0.142. The number of benzene rings is 1. The smallest absolute Gasteiger partial charge is 0.415 e. The molecule has 142 valence electrons. The second kappa shape index (κ2) is 6.37. The molecule has 1 amide bonds. The summed E-state index contributed by atoms with van der Waals surface area (Å²) < 4.78 is 18.8. The van der Waals surface area contributed by atoms with Crippen LogP contribution in [0.4, 0.5) is 9.18 Å². The van der Waals surface area contributed by atoms with E-state index in [9.17, 15) is 19.1 Å². The number of fused-ring (bicyclic) bond motifs is 1. The summed E-state index contributed by atoms with van der Waals surface area (Å²) in [6, 6.07) is 6.01. The van der Waals surface area contributed by atoms with Crippen LogP contribution in [0, 0.1) is 11.2 Å². The van der Waals surface area contributed by atoms with Crippen LogP contribution in [0.5, 0.6) is 0 Å². The molecule has 2 aliphatic rings. The first-order valence-corrected chi connectivity index (χ1v) is 8.66. The lowest BCUT2D eigenvalue weighted by Gasteiger charge is -2.29. The van der Waals surface area contributed by atoms with E-state index in [1.165, 1.54) is 17.0 Å². The fourth-order valence-electron chi connectivity index (χ4n) is 3.07. The topological polar surface area (TPSA) is 66.8 Å². The number of carbonyl (C=O) groups is 2. The zero-order valence-corrected chi connectivity index (χ0v) is 15.7. The van der Waals surface area contributed by atoms with Crippen LogP contribution in [0.15, 0.2) is 53.8 Å². The molecule has 0 spiro atoms. The Balaban J connectivity index is 2.07. The highest BCUT2D eigenvalue weighted by atomic mass is 19.1. The molecule has 5 nitrogen and oxygen atoms in total. The van der Waals surface area contributed by atoms with Crippen LogP contribution in [-0.2, 0) is 9.53 Å². The monoisotopic (exact) mass is 371 g/mol. The fourth-order valence-corrected chi connectivity index (χ4v) is 3.07. The summed E-state index contributed by atoms with van der Waals surface area (Å²) in [5, 5.41) is 9.55. The molecular formula is C21H22FNO4. The van der Waals surface area contributed by atoms with Crippen molar-refractivity contribution in [3.8, 4) is 0 Å². The van der Waals surface area contributed by atoms with Crippen molar-refractivity contribution in [3.05, 3.63) is 65.1 Å². The molecule has 0 aromatic heterocycles. The van der Waals surface area contributed by atoms with Crippen molar-refractivity contribution in [3.63, 3.8) is 0 Å². The van der Waals surface area contributed by atoms with Crippen molar-refractivity contribution in [2.75, 3.05) is 6.54 Å². The average Bonchev–Trinajstić information content (AvgIpc) is 2.92. The Kier molecular flexibility index (Phi) is 4.46. The normalized spacial score (nSPS) is 21.8. The van der Waals surface area contributed by atoms with E-state index in [0.717, 1.165) is 16.7 Å². The van der Waals surface area contributed by atoms with Gasteiger partial charge in [-0.15, -0.1) is 0 Å². The molecule has 27 heavy (non-hydrogen) atoms. The molecule has 6 heteroatoms. The predicted molar refractivity (Wildman–Crippen MR) is 99.2 cm³/mol. The van der Waals surface area contributed by atoms with E-state index in [-0.39, 0.29) is 12.4 Å². The van der Waals surface area contributed by atoms with Gasteiger partial charge < -0.3 is 9.84 Å². The predicted octanol–water partition coefficient (Wildman–Crippen LogP) is 4.37. The molecule has 3 rings (SSSR count). The fraction of sp³-hybridized carbons (Fsp3) is 0.333. The first-order valence-electron chi connectivity index (χ1n) is 8.66. The zero-order valence-electron chi connectivity index (χ0n) is 15.7. The van der Waals surface area contributed by atoms with Gasteiger partial charge in [-0.1, -0.05) is 24.3 Å². The summed E-state index contributed by atoms with van der Waals surface area (Å²) in [5.41, 5.74) is 0.916. The number of carbonyl (C=O) groups excluding carboxylic acids is 1. The second-order valence-corrected chi connectivity index (χ2v) is 7.92. The molecular weight excluding hydrogens is 349 g/mol. The number of hydrogen-bond acceptors (Lipinski definition) is 3. The highest BCUT2D eigenvalue weighted by Crippen LogP contribution is 2.42. The average molecular weight is 371 g/mol. The molecule has 1 heterocycles. The summed E-state index contributed by atoms with van der Waals surface area (Å²) in [4.78, 5) is 25.8. The highest BCUT2D eigenvalue weighted by Gasteiger charge is 2.40. The highest BCUT2D eigenvalue weighted by molar-refractivity contribution is 5.89. The Hall–Kier alpha value is -2.89. The lowest BCUT2D eigenvalue weighted by Crippen LogP contribution is -2.36. The Morgan fingerprint density at radius 2 is 1.85 bits per heavy atom. The molecule has 0 bridgehead atoms. The Labute approximate surface area is 157 Å². The third-order valence-electron chi connectivity index (χ3n) is 4.51. The number of ether oxygens (including phenoxy) is 1. The van der Waals surface area contributed by atoms with Gasteiger partial charge in [0, 0.05) is 5.57 Å². The minimum absolute atomic E-state index is 0.224. The molecule has 1 aliphatic heterocycles. The van der Waals surface area contributed by atoms with Crippen molar-refractivity contribution in [2.45, 2.75) is 33.3 Å². The van der Waals surface area contributed by atoms with E-state index in [0.29, 0.717) is 5.70 Å². The van der Waals surface area contributed by atoms with Crippen LogP contribution in [0.25, 0.3) is 5.57 Å². The number of carboxylic acids is 1. The number of nitrogens with zero attached hydrogens (tertiary/aromatic N) is 1. The number of allylic oxidation sites excluding steroid dienone is 1. The molecule has 1 unspecified atom stereocenters. The van der Waals surface area contributed by atoms with Gasteiger partial charge in [0.05, 0.1) is 12.2 Å². The van der Waals surface area contributed by atoms with Crippen LogP contribution in [-0.4, -0.2) is 34.2 Å². The Morgan fingerprint density at radius 1 is 1.22 bits per heavy atom. The van der Waals surface area contributed by atoms with E-state index in [1.807, 2.05) is 0 Å². The van der Waals surface area contributed by atoms with Crippen molar-refractivity contribution in [1.29, 1.82) is 0 Å². The number of rotatable bonds is 2. The maximum absolute atomic E-state index is 13.3. The third-order valence-corrected chi connectivity index (χ3v) is 4.51. The van der Waals surface area contributed by atoms with Gasteiger partial charge in [0.2, 0.25) is 0 Å². The van der Waals surface area contributed by atoms with E-state index >= 15 is 0 Å². The van der Waals surface area contributed by atoms with Gasteiger partial charge in [0.1, 0.15) is 16.8 Å². The van der Waals surface area contributed by atoms with Crippen LogP contribution in [0.1, 0.15) is 33.3 Å². The summed E-state index contributed by atoms with van der Waals surface area (Å²) in [7, 11) is 0. The van der Waals surface area contributed by atoms with Gasteiger partial charge in [0.15, 0.2) is 0 Å². The van der Waals surface area contributed by atoms with Crippen LogP contribution in [0.3, 0.4) is 0 Å². The van der Waals surface area contributed by atoms with Crippen LogP contribution < -0.4 is 0 Å². The summed E-state index contributed by atoms with van der Waals surface area (Å²) in [6.45, 7) is 7.10. The van der Waals surface area contributed by atoms with Crippen molar-refractivity contribution in [1.82, 2.24) is 4.90 Å². The SMILES string of the molecule is CC(C)(C)OC(=O)N1CC(c2ccc(F)cc2)=C2C=CC(C)(C(=O)O)C=C21. The Morgan fingerprint density at radius 3 is 2.41 bits per heavy atom. The molecule has 1 atom stereocenters. The number of halogens is 1. The minimum Gasteiger partial charge on any atom is -0.480 e. The first-order chi connectivity index (χ1) is 12.5. The standard InChI is InChI=1S/C21H22FNO4/c1-20(2,3)27-19(26)23-12-16(13-5-7-14(22)8-6-13)15-9-10-21(4,18(24)25)11-17(15)23/h5-11H,12H2,1-4H3,(H,24,25). The summed E-state index contributed by atoms with van der Waals surface area (Å²) in [5.74, 6) is -1.36. The maximum atomic E-state index is 13.3. The zero-order chi connectivity index (χ0) is 20.0. The van der Waals surface area contributed by atoms with E-state index < -0.39 is 23.1 Å². The van der Waals surface area contributed by atoms with E-state index in [1.54, 1.807) is 58.1 Å². The van der Waals surface area contributed by atoms with E-state index in [4.69, 9.17) is 4.74 Å². The number of amides is 1. The van der Waals surface area contributed by atoms with Gasteiger partial charge in [-0.25, -0.2) is 9.18 Å². The van der Waals surface area contributed by atoms with Gasteiger partial charge in [0.25, 0.3) is 0 Å². The number of hydrogen-bond donors (Lipinski definition) is 1. The first kappa shape index (κ1) is 18.9. The minimum atomic E-state index is -1.22. The van der Waals surface area contributed by atoms with Gasteiger partial charge in [-0.05, 0) is 57.0 Å². The molecule has 0 radical (unpaired) electrons. The van der Waals surface area contributed by atoms with Crippen molar-refractivity contribution in [2.24, 2.45) is 5.41 Å². The summed E-state index contributed by atoms with van der Waals surface area (Å²) >= 11 is 0. The molecule has 0 saturated carbocycles. The summed E-state index contributed by atoms with van der Waals surface area (Å²) in [6.07, 6.45) is 4.32. The molecule has 1 aromatic carbocycles. The molecule has 1 aliphatic carbocycles. The Bertz CT molecular complexity index is 890. The number of carboxylic acid groups (broad SMARTS) is 1. The lowest BCUT2D eigenvalue weighted by atomic mass is 9.83.